The van der Waals surface area contributed by atoms with Gasteiger partial charge in [0.05, 0.1) is 6.54 Å². The molecule has 0 aromatic rings. The number of hydrogen-bond donors (Lipinski definition) is 2. The standard InChI is InChI=1S/C4H11N.2HI.H3N.Pb.2H/c1-2-3-4-5;;;;;;/h2-5H2,1H3;2*1H;1H3;;;. The minimum atomic E-state index is 0. The van der Waals surface area contributed by atoms with Crippen molar-refractivity contribution in [3.63, 3.8) is 0 Å². The van der Waals surface area contributed by atoms with Crippen LogP contribution in [0.15, 0.2) is 0 Å². The summed E-state index contributed by atoms with van der Waals surface area (Å²) in [5.41, 5.74) is 3.68. The fourth-order valence-corrected chi connectivity index (χ4v) is 0.250. The maximum atomic E-state index is 3.68. The molecule has 9 heavy (non-hydrogen) atoms. The van der Waals surface area contributed by atoms with Crippen molar-refractivity contribution in [1.82, 2.24) is 6.15 Å². The summed E-state index contributed by atoms with van der Waals surface area (Å²) in [6.07, 6.45) is 2.56. The van der Waals surface area contributed by atoms with E-state index in [-0.39, 0.29) is 81.4 Å². The zero-order valence-corrected chi connectivity index (χ0v) is 16.1. The van der Waals surface area contributed by atoms with Crippen LogP contribution in [0.2, 0.25) is 0 Å². The predicted octanol–water partition coefficient (Wildman–Crippen LogP) is -6.50. The van der Waals surface area contributed by atoms with Gasteiger partial charge in [0, 0.05) is 0 Å². The molecule has 0 unspecified atom stereocenters. The van der Waals surface area contributed by atoms with Crippen LogP contribution in [0.3, 0.4) is 0 Å². The second-order valence-corrected chi connectivity index (χ2v) is 1.21. The van der Waals surface area contributed by atoms with Crippen molar-refractivity contribution in [3.05, 3.63) is 0 Å². The van der Waals surface area contributed by atoms with Crippen LogP contribution in [0, 0.1) is 0 Å². The third kappa shape index (κ3) is 38.4. The molecule has 0 spiro atoms. The number of quaternary nitrogens is 2. The second kappa shape index (κ2) is 31.7. The van der Waals surface area contributed by atoms with Gasteiger partial charge >= 0.3 is 27.3 Å². The van der Waals surface area contributed by atoms with E-state index in [0.717, 1.165) is 6.54 Å². The average Bonchev–Trinajstić information content (AvgIpc) is 1.41. The van der Waals surface area contributed by atoms with E-state index in [9.17, 15) is 0 Å². The second-order valence-electron chi connectivity index (χ2n) is 1.21. The molecular formula is C4H18I2N2Pb. The van der Waals surface area contributed by atoms with E-state index < -0.39 is 0 Å². The summed E-state index contributed by atoms with van der Waals surface area (Å²) in [5.74, 6) is 0. The molecule has 0 amide bonds. The molecule has 0 aromatic heterocycles. The van der Waals surface area contributed by atoms with Gasteiger partial charge in [-0.15, -0.1) is 0 Å². The number of rotatable bonds is 2. The van der Waals surface area contributed by atoms with Crippen molar-refractivity contribution >= 4 is 27.3 Å². The van der Waals surface area contributed by atoms with Gasteiger partial charge < -0.3 is 59.8 Å². The molecule has 0 fully saturated rings. The summed E-state index contributed by atoms with van der Waals surface area (Å²) < 4.78 is 0. The van der Waals surface area contributed by atoms with Gasteiger partial charge in [-0.25, -0.2) is 0 Å². The van der Waals surface area contributed by atoms with E-state index in [1.165, 1.54) is 12.8 Å². The Morgan fingerprint density at radius 1 is 1.22 bits per heavy atom. The summed E-state index contributed by atoms with van der Waals surface area (Å²) in [6, 6.07) is 0. The zero-order chi connectivity index (χ0) is 4.12. The van der Waals surface area contributed by atoms with Gasteiger partial charge in [0.1, 0.15) is 0 Å². The van der Waals surface area contributed by atoms with Crippen LogP contribution in [0.4, 0.5) is 0 Å². The van der Waals surface area contributed by atoms with Crippen molar-refractivity contribution < 1.29 is 53.7 Å². The molecule has 0 rings (SSSR count). The Bertz CT molecular complexity index is 24.0. The van der Waals surface area contributed by atoms with Gasteiger partial charge in [-0.05, 0) is 6.42 Å². The zero-order valence-electron chi connectivity index (χ0n) is 6.29. The van der Waals surface area contributed by atoms with Crippen molar-refractivity contribution in [3.8, 4) is 0 Å². The first kappa shape index (κ1) is 30.2. The summed E-state index contributed by atoms with van der Waals surface area (Å²) in [5, 5.41) is 0. The van der Waals surface area contributed by atoms with Gasteiger partial charge in [-0.2, -0.15) is 0 Å². The quantitative estimate of drug-likeness (QED) is 0.252. The molecule has 0 atom stereocenters. The molecule has 2 radical (unpaired) electrons. The summed E-state index contributed by atoms with van der Waals surface area (Å²) in [7, 11) is 0. The van der Waals surface area contributed by atoms with Crippen molar-refractivity contribution in [1.29, 1.82) is 0 Å². The Labute approximate surface area is 112 Å². The molecule has 2 nitrogen and oxygen atoms in total. The molecular weight excluding hydrogens is 537 g/mol. The molecule has 5 heteroatoms. The van der Waals surface area contributed by atoms with E-state index in [2.05, 4.69) is 12.7 Å². The van der Waals surface area contributed by atoms with Crippen LogP contribution in [0.25, 0.3) is 0 Å². The van der Waals surface area contributed by atoms with Crippen LogP contribution >= 0.6 is 0 Å². The normalized spacial score (nSPS) is 4.67. The molecule has 0 saturated carbocycles. The monoisotopic (exact) mass is 556 g/mol. The van der Waals surface area contributed by atoms with Crippen LogP contribution in [-0.4, -0.2) is 33.8 Å². The van der Waals surface area contributed by atoms with Gasteiger partial charge in [-0.1, -0.05) is 13.3 Å². The van der Waals surface area contributed by atoms with Crippen molar-refractivity contribution in [2.45, 2.75) is 19.8 Å². The third-order valence-electron chi connectivity index (χ3n) is 0.604. The van der Waals surface area contributed by atoms with E-state index in [4.69, 9.17) is 0 Å². The predicted molar refractivity (Wildman–Crippen MR) is 37.2 cm³/mol. The molecule has 0 heterocycles. The Kier molecular flexibility index (Phi) is 106. The number of unbranched alkanes of at least 4 members (excludes halogenated alkanes) is 1. The molecule has 0 aliphatic heterocycles. The van der Waals surface area contributed by atoms with Gasteiger partial charge in [0.15, 0.2) is 0 Å². The fourth-order valence-electron chi connectivity index (χ4n) is 0.250. The van der Waals surface area contributed by atoms with Crippen LogP contribution in [-0.2, 0) is 0 Å². The summed E-state index contributed by atoms with van der Waals surface area (Å²) >= 11 is 0. The van der Waals surface area contributed by atoms with Crippen molar-refractivity contribution in [2.75, 3.05) is 6.54 Å². The van der Waals surface area contributed by atoms with Gasteiger partial charge in [0.2, 0.25) is 0 Å². The first-order valence-corrected chi connectivity index (χ1v) is 2.21. The number of hydrogen-bond acceptors (Lipinski definition) is 0. The molecule has 62 valence electrons. The van der Waals surface area contributed by atoms with Crippen LogP contribution < -0.4 is 59.8 Å². The molecule has 0 bridgehead atoms. The molecule has 0 aromatic carbocycles. The SMILES string of the molecule is CCCC[NH3+].[I-].[I-].[NH4+].[PbH2]. The Hall–Kier alpha value is 2.30. The van der Waals surface area contributed by atoms with Gasteiger partial charge in [-0.3, -0.25) is 0 Å². The molecule has 0 saturated heterocycles. The molecule has 0 aliphatic rings. The Balaban J connectivity index is -0.0000000133. The molecule has 0 aliphatic carbocycles. The first-order valence-electron chi connectivity index (χ1n) is 2.21. The van der Waals surface area contributed by atoms with Crippen molar-refractivity contribution in [2.24, 2.45) is 0 Å². The van der Waals surface area contributed by atoms with Crippen LogP contribution in [0.5, 0.6) is 0 Å². The van der Waals surface area contributed by atoms with E-state index in [1.807, 2.05) is 0 Å². The average molecular weight is 555 g/mol. The number of halogens is 2. The Morgan fingerprint density at radius 2 is 1.56 bits per heavy atom. The van der Waals surface area contributed by atoms with Gasteiger partial charge in [0.25, 0.3) is 0 Å². The summed E-state index contributed by atoms with van der Waals surface area (Å²) in [6.45, 7) is 3.27. The van der Waals surface area contributed by atoms with E-state index >= 15 is 0 Å². The Morgan fingerprint density at radius 3 is 1.56 bits per heavy atom. The summed E-state index contributed by atoms with van der Waals surface area (Å²) in [4.78, 5) is 0. The first-order chi connectivity index (χ1) is 2.41. The third-order valence-corrected chi connectivity index (χ3v) is 0.604. The minimum absolute atomic E-state index is 0. The van der Waals surface area contributed by atoms with Crippen LogP contribution in [0.1, 0.15) is 19.8 Å². The van der Waals surface area contributed by atoms with E-state index in [1.54, 1.807) is 0 Å². The molecule has 7 N–H and O–H groups in total. The topological polar surface area (TPSA) is 64.1 Å². The maximum absolute atomic E-state index is 3.68. The fraction of sp³-hybridized carbons (Fsp3) is 1.00. The van der Waals surface area contributed by atoms with E-state index in [0.29, 0.717) is 0 Å².